The molecule has 107 valence electrons. The zero-order valence-corrected chi connectivity index (χ0v) is 11.8. The summed E-state index contributed by atoms with van der Waals surface area (Å²) in [4.78, 5) is 0. The number of nitriles is 1. The fourth-order valence-corrected chi connectivity index (χ4v) is 3.05. The largest absolute Gasteiger partial charge is 0.205 e. The summed E-state index contributed by atoms with van der Waals surface area (Å²) in [5.74, 6) is -0.710. The molecule has 0 spiro atoms. The molecule has 0 aliphatic heterocycles. The maximum atomic E-state index is 13.7. The topological polar surface area (TPSA) is 23.8 Å². The highest BCUT2D eigenvalue weighted by Gasteiger charge is 2.24. The first kappa shape index (κ1) is 15.0. The highest BCUT2D eigenvalue weighted by Crippen LogP contribution is 2.38. The van der Waals surface area contributed by atoms with Gasteiger partial charge in [-0.2, -0.15) is 5.26 Å². The van der Waals surface area contributed by atoms with Crippen molar-refractivity contribution >= 4 is 0 Å². The van der Waals surface area contributed by atoms with Crippen molar-refractivity contribution in [3.05, 3.63) is 41.3 Å². The molecular weight excluding hydrogens is 256 g/mol. The second kappa shape index (κ2) is 6.83. The Morgan fingerprint density at radius 3 is 2.60 bits per heavy atom. The van der Waals surface area contributed by atoms with Crippen LogP contribution in [0.15, 0.2) is 12.1 Å². The van der Waals surface area contributed by atoms with E-state index in [4.69, 9.17) is 5.26 Å². The lowest BCUT2D eigenvalue weighted by molar-refractivity contribution is 0.369. The van der Waals surface area contributed by atoms with Crippen LogP contribution in [0.5, 0.6) is 0 Å². The number of halogens is 2. The van der Waals surface area contributed by atoms with Crippen LogP contribution in [-0.2, 0) is 0 Å². The predicted molar refractivity (Wildman–Crippen MR) is 75.0 cm³/mol. The Kier molecular flexibility index (Phi) is 5.11. The van der Waals surface area contributed by atoms with Crippen LogP contribution in [-0.4, -0.2) is 0 Å². The van der Waals surface area contributed by atoms with Gasteiger partial charge in [0.25, 0.3) is 0 Å². The summed E-state index contributed by atoms with van der Waals surface area (Å²) in [6.07, 6.45) is 8.79. The Labute approximate surface area is 119 Å². The molecule has 1 aromatic rings. The first-order chi connectivity index (χ1) is 9.65. The second-order valence-corrected chi connectivity index (χ2v) is 5.62. The SMILES string of the molecule is CCCCC1[CH]CCC(c2cc(F)c(C#N)c(F)c2)C1. The van der Waals surface area contributed by atoms with Gasteiger partial charge < -0.3 is 0 Å². The van der Waals surface area contributed by atoms with Crippen molar-refractivity contribution in [2.24, 2.45) is 5.92 Å². The summed E-state index contributed by atoms with van der Waals surface area (Å²) >= 11 is 0. The summed E-state index contributed by atoms with van der Waals surface area (Å²) < 4.78 is 27.4. The molecule has 0 bridgehead atoms. The molecule has 3 heteroatoms. The maximum Gasteiger partial charge on any atom is 0.144 e. The van der Waals surface area contributed by atoms with Gasteiger partial charge in [-0.3, -0.25) is 0 Å². The lowest BCUT2D eigenvalue weighted by atomic mass is 9.76. The third-order valence-corrected chi connectivity index (χ3v) is 4.18. The Morgan fingerprint density at radius 2 is 2.00 bits per heavy atom. The van der Waals surface area contributed by atoms with Gasteiger partial charge in [0.05, 0.1) is 0 Å². The number of unbranched alkanes of at least 4 members (excludes halogenated alkanes) is 1. The van der Waals surface area contributed by atoms with Crippen LogP contribution in [0.4, 0.5) is 8.78 Å². The average Bonchev–Trinajstić information content (AvgIpc) is 2.45. The van der Waals surface area contributed by atoms with Crippen molar-refractivity contribution < 1.29 is 8.78 Å². The molecular formula is C17H20F2N. The zero-order valence-electron chi connectivity index (χ0n) is 11.8. The fourth-order valence-electron chi connectivity index (χ4n) is 3.05. The number of nitrogens with zero attached hydrogens (tertiary/aromatic N) is 1. The van der Waals surface area contributed by atoms with E-state index in [2.05, 4.69) is 13.3 Å². The molecule has 1 nitrogen and oxygen atoms in total. The number of benzene rings is 1. The molecule has 2 rings (SSSR count). The third kappa shape index (κ3) is 3.36. The number of hydrogen-bond donors (Lipinski definition) is 0. The van der Waals surface area contributed by atoms with Gasteiger partial charge in [0.15, 0.2) is 0 Å². The summed E-state index contributed by atoms with van der Waals surface area (Å²) in [7, 11) is 0. The van der Waals surface area contributed by atoms with Crippen LogP contribution in [0.2, 0.25) is 0 Å². The second-order valence-electron chi connectivity index (χ2n) is 5.62. The molecule has 1 saturated carbocycles. The van der Waals surface area contributed by atoms with Gasteiger partial charge in [-0.15, -0.1) is 0 Å². The first-order valence-electron chi connectivity index (χ1n) is 7.38. The molecule has 1 aliphatic carbocycles. The van der Waals surface area contributed by atoms with Crippen molar-refractivity contribution in [2.75, 3.05) is 0 Å². The van der Waals surface area contributed by atoms with Crippen LogP contribution in [0.1, 0.15) is 62.5 Å². The highest BCUT2D eigenvalue weighted by atomic mass is 19.1. The van der Waals surface area contributed by atoms with Gasteiger partial charge in [0, 0.05) is 0 Å². The molecule has 1 aliphatic rings. The molecule has 1 aromatic carbocycles. The molecule has 2 unspecified atom stereocenters. The minimum atomic E-state index is -0.734. The molecule has 2 atom stereocenters. The normalized spacial score (nSPS) is 22.5. The Balaban J connectivity index is 2.13. The van der Waals surface area contributed by atoms with Crippen molar-refractivity contribution in [2.45, 2.75) is 51.4 Å². The summed E-state index contributed by atoms with van der Waals surface area (Å²) in [5.41, 5.74) is 0.229. The molecule has 0 saturated heterocycles. The van der Waals surface area contributed by atoms with Gasteiger partial charge in [-0.1, -0.05) is 26.2 Å². The summed E-state index contributed by atoms with van der Waals surface area (Å²) in [6.45, 7) is 2.17. The van der Waals surface area contributed by atoms with E-state index in [0.29, 0.717) is 11.5 Å². The molecule has 0 amide bonds. The van der Waals surface area contributed by atoms with Gasteiger partial charge in [-0.25, -0.2) is 8.78 Å². The average molecular weight is 276 g/mol. The predicted octanol–water partition coefficient (Wildman–Crippen LogP) is 5.11. The minimum Gasteiger partial charge on any atom is -0.205 e. The monoisotopic (exact) mass is 276 g/mol. The van der Waals surface area contributed by atoms with Crippen molar-refractivity contribution in [3.63, 3.8) is 0 Å². The van der Waals surface area contributed by atoms with E-state index in [1.807, 2.05) is 0 Å². The smallest absolute Gasteiger partial charge is 0.144 e. The van der Waals surface area contributed by atoms with Crippen LogP contribution in [0, 0.1) is 35.3 Å². The van der Waals surface area contributed by atoms with E-state index in [-0.39, 0.29) is 5.92 Å². The van der Waals surface area contributed by atoms with Crippen molar-refractivity contribution in [1.29, 1.82) is 5.26 Å². The quantitative estimate of drug-likeness (QED) is 0.749. The van der Waals surface area contributed by atoms with Gasteiger partial charge in [0.1, 0.15) is 23.3 Å². The number of hydrogen-bond acceptors (Lipinski definition) is 1. The Hall–Kier alpha value is -1.43. The van der Waals surface area contributed by atoms with E-state index in [9.17, 15) is 8.78 Å². The lowest BCUT2D eigenvalue weighted by Crippen LogP contribution is -2.15. The van der Waals surface area contributed by atoms with Crippen LogP contribution in [0.25, 0.3) is 0 Å². The lowest BCUT2D eigenvalue weighted by Gasteiger charge is -2.29. The van der Waals surface area contributed by atoms with Gasteiger partial charge in [0.2, 0.25) is 0 Å². The van der Waals surface area contributed by atoms with E-state index < -0.39 is 17.2 Å². The summed E-state index contributed by atoms with van der Waals surface area (Å²) in [5, 5.41) is 8.70. The van der Waals surface area contributed by atoms with E-state index >= 15 is 0 Å². The van der Waals surface area contributed by atoms with Crippen molar-refractivity contribution in [3.8, 4) is 6.07 Å². The molecule has 0 aromatic heterocycles. The van der Waals surface area contributed by atoms with Gasteiger partial charge >= 0.3 is 0 Å². The first-order valence-corrected chi connectivity index (χ1v) is 7.38. The van der Waals surface area contributed by atoms with E-state index in [0.717, 1.165) is 25.7 Å². The van der Waals surface area contributed by atoms with E-state index in [1.54, 1.807) is 6.07 Å². The standard InChI is InChI=1S/C17H20F2N/c1-2-3-5-12-6-4-7-13(8-12)14-9-16(18)15(11-20)17(19)10-14/h6,9-10,12-13H,2-5,7-8H2,1H3. The van der Waals surface area contributed by atoms with Gasteiger partial charge in [-0.05, 0) is 55.2 Å². The minimum absolute atomic E-state index is 0.207. The van der Waals surface area contributed by atoms with Crippen LogP contribution in [0.3, 0.4) is 0 Å². The molecule has 20 heavy (non-hydrogen) atoms. The summed E-state index contributed by atoms with van der Waals surface area (Å²) in [6, 6.07) is 4.26. The Morgan fingerprint density at radius 1 is 1.30 bits per heavy atom. The maximum absolute atomic E-state index is 13.7. The fraction of sp³-hybridized carbons (Fsp3) is 0.529. The third-order valence-electron chi connectivity index (χ3n) is 4.18. The van der Waals surface area contributed by atoms with E-state index in [1.165, 1.54) is 25.0 Å². The highest BCUT2D eigenvalue weighted by molar-refractivity contribution is 5.36. The van der Waals surface area contributed by atoms with Crippen molar-refractivity contribution in [1.82, 2.24) is 0 Å². The van der Waals surface area contributed by atoms with Crippen LogP contribution >= 0.6 is 0 Å². The molecule has 1 radical (unpaired) electrons. The van der Waals surface area contributed by atoms with Crippen LogP contribution < -0.4 is 0 Å². The zero-order chi connectivity index (χ0) is 14.5. The molecule has 0 N–H and O–H groups in total. The number of rotatable bonds is 4. The molecule has 1 fully saturated rings. The Bertz CT molecular complexity index is 481. The molecule has 0 heterocycles.